The van der Waals surface area contributed by atoms with Crippen molar-refractivity contribution in [1.29, 1.82) is 5.26 Å². The van der Waals surface area contributed by atoms with E-state index in [4.69, 9.17) is 16.9 Å². The van der Waals surface area contributed by atoms with Gasteiger partial charge in [0.2, 0.25) is 0 Å². The number of hydrogen-bond donors (Lipinski definition) is 1. The highest BCUT2D eigenvalue weighted by Gasteiger charge is 2.32. The number of nitrogens with zero attached hydrogens (tertiary/aromatic N) is 2. The van der Waals surface area contributed by atoms with E-state index in [9.17, 15) is 4.79 Å². The van der Waals surface area contributed by atoms with Gasteiger partial charge in [0.1, 0.15) is 6.07 Å². The van der Waals surface area contributed by atoms with Crippen molar-refractivity contribution in [2.75, 3.05) is 13.1 Å². The molecule has 0 atom stereocenters. The maximum Gasteiger partial charge on any atom is 0.253 e. The molecule has 1 N–H and O–H groups in total. The number of nitriles is 1. The van der Waals surface area contributed by atoms with Crippen LogP contribution >= 0.6 is 11.6 Å². The number of amides is 1. The van der Waals surface area contributed by atoms with E-state index in [0.29, 0.717) is 30.1 Å². The minimum Gasteiger partial charge on any atom is -0.360 e. The highest BCUT2D eigenvalue weighted by atomic mass is 35.5. The van der Waals surface area contributed by atoms with Gasteiger partial charge in [-0.2, -0.15) is 5.26 Å². The lowest BCUT2D eigenvalue weighted by Gasteiger charge is -2.39. The molecule has 4 rings (SSSR count). The molecular weight excluding hydrogens is 322 g/mol. The van der Waals surface area contributed by atoms with Crippen molar-refractivity contribution in [3.63, 3.8) is 0 Å². The highest BCUT2D eigenvalue weighted by Crippen LogP contribution is 2.30. The summed E-state index contributed by atoms with van der Waals surface area (Å²) in [5.74, 6) is 0.365. The van der Waals surface area contributed by atoms with Gasteiger partial charge >= 0.3 is 0 Å². The Kier molecular flexibility index (Phi) is 3.51. The topological polar surface area (TPSA) is 59.9 Å². The van der Waals surface area contributed by atoms with Gasteiger partial charge in [0.15, 0.2) is 0 Å². The van der Waals surface area contributed by atoms with Gasteiger partial charge in [-0.05, 0) is 35.9 Å². The molecule has 3 aromatic rings. The van der Waals surface area contributed by atoms with Crippen LogP contribution in [0.25, 0.3) is 10.9 Å². The van der Waals surface area contributed by atoms with Gasteiger partial charge in [0.05, 0.1) is 5.56 Å². The molecule has 2 heterocycles. The molecule has 2 aromatic carbocycles. The molecule has 1 aliphatic heterocycles. The number of likely N-dealkylation sites (tertiary alicyclic amines) is 1. The van der Waals surface area contributed by atoms with Crippen LogP contribution in [0, 0.1) is 11.3 Å². The third-order valence-corrected chi connectivity index (χ3v) is 4.81. The van der Waals surface area contributed by atoms with E-state index in [0.717, 1.165) is 15.9 Å². The second-order valence-corrected chi connectivity index (χ2v) is 6.47. The number of aromatic nitrogens is 1. The Morgan fingerprint density at radius 2 is 1.96 bits per heavy atom. The third kappa shape index (κ3) is 2.44. The van der Waals surface area contributed by atoms with Crippen LogP contribution in [0.2, 0.25) is 5.02 Å². The van der Waals surface area contributed by atoms with Crippen LogP contribution in [0.3, 0.4) is 0 Å². The Morgan fingerprint density at radius 3 is 2.67 bits per heavy atom. The summed E-state index contributed by atoms with van der Waals surface area (Å²) >= 11 is 5.91. The van der Waals surface area contributed by atoms with Crippen molar-refractivity contribution in [1.82, 2.24) is 9.88 Å². The van der Waals surface area contributed by atoms with E-state index in [1.807, 2.05) is 35.2 Å². The Hall–Kier alpha value is -2.77. The lowest BCUT2D eigenvalue weighted by Crippen LogP contribution is -2.48. The minimum absolute atomic E-state index is 0.00667. The van der Waals surface area contributed by atoms with Crippen LogP contribution in [-0.2, 0) is 0 Å². The molecule has 1 fully saturated rings. The summed E-state index contributed by atoms with van der Waals surface area (Å²) < 4.78 is 0. The quantitative estimate of drug-likeness (QED) is 0.771. The summed E-state index contributed by atoms with van der Waals surface area (Å²) in [6, 6.07) is 15.4. The highest BCUT2D eigenvalue weighted by molar-refractivity contribution is 6.30. The number of aromatic amines is 1. The smallest absolute Gasteiger partial charge is 0.253 e. The molecule has 0 unspecified atom stereocenters. The second-order valence-electron chi connectivity index (χ2n) is 6.03. The number of H-pyrrole nitrogens is 1. The minimum atomic E-state index is 0.00667. The molecular formula is C19H14ClN3O. The van der Waals surface area contributed by atoms with Crippen molar-refractivity contribution < 1.29 is 4.79 Å². The number of fused-ring (bicyclic) bond motifs is 1. The maximum absolute atomic E-state index is 12.6. The fourth-order valence-electron chi connectivity index (χ4n) is 3.12. The summed E-state index contributed by atoms with van der Waals surface area (Å²) in [7, 11) is 0. The number of carbonyl (C=O) groups is 1. The summed E-state index contributed by atoms with van der Waals surface area (Å²) in [6.45, 7) is 1.41. The second kappa shape index (κ2) is 5.70. The molecule has 0 aliphatic carbocycles. The normalized spacial score (nSPS) is 14.4. The number of hydrogen-bond acceptors (Lipinski definition) is 2. The summed E-state index contributed by atoms with van der Waals surface area (Å²) in [6.07, 6.45) is 1.67. The van der Waals surface area contributed by atoms with Crippen LogP contribution < -0.4 is 0 Å². The summed E-state index contributed by atoms with van der Waals surface area (Å²) in [5.41, 5.74) is 3.25. The van der Waals surface area contributed by atoms with Crippen molar-refractivity contribution in [3.8, 4) is 6.07 Å². The Bertz CT molecular complexity index is 962. The fourth-order valence-corrected chi connectivity index (χ4v) is 3.24. The van der Waals surface area contributed by atoms with E-state index >= 15 is 0 Å². The number of nitrogens with one attached hydrogen (secondary N) is 1. The van der Waals surface area contributed by atoms with E-state index < -0.39 is 0 Å². The van der Waals surface area contributed by atoms with Gasteiger partial charge in [-0.3, -0.25) is 4.79 Å². The predicted octanol–water partition coefficient (Wildman–Crippen LogP) is 3.93. The first-order chi connectivity index (χ1) is 11.7. The van der Waals surface area contributed by atoms with Crippen molar-refractivity contribution in [2.24, 2.45) is 0 Å². The van der Waals surface area contributed by atoms with E-state index in [1.165, 1.54) is 5.56 Å². The van der Waals surface area contributed by atoms with Gasteiger partial charge in [-0.25, -0.2) is 0 Å². The molecule has 0 saturated carbocycles. The van der Waals surface area contributed by atoms with Crippen LogP contribution in [0.4, 0.5) is 0 Å². The van der Waals surface area contributed by atoms with E-state index in [1.54, 1.807) is 18.3 Å². The van der Waals surface area contributed by atoms with Crippen molar-refractivity contribution in [2.45, 2.75) is 5.92 Å². The first-order valence-electron chi connectivity index (χ1n) is 7.71. The Morgan fingerprint density at radius 1 is 1.21 bits per heavy atom. The number of rotatable bonds is 2. The summed E-state index contributed by atoms with van der Waals surface area (Å²) in [4.78, 5) is 17.5. The average molecular weight is 336 g/mol. The SMILES string of the molecule is N#Cc1c[nH]c2ccc(C(=O)N3CC(c4ccc(Cl)cc4)C3)cc12. The van der Waals surface area contributed by atoms with E-state index in [2.05, 4.69) is 11.1 Å². The van der Waals surface area contributed by atoms with Gasteiger partial charge < -0.3 is 9.88 Å². The van der Waals surface area contributed by atoms with Gasteiger partial charge in [-0.15, -0.1) is 0 Å². The van der Waals surface area contributed by atoms with Gasteiger partial charge in [0, 0.05) is 46.7 Å². The molecule has 1 aromatic heterocycles. The van der Waals surface area contributed by atoms with Crippen LogP contribution in [0.1, 0.15) is 27.4 Å². The third-order valence-electron chi connectivity index (χ3n) is 4.56. The molecule has 4 nitrogen and oxygen atoms in total. The molecule has 1 saturated heterocycles. The number of carbonyl (C=O) groups excluding carboxylic acids is 1. The largest absolute Gasteiger partial charge is 0.360 e. The zero-order valence-electron chi connectivity index (χ0n) is 12.8. The van der Waals surface area contributed by atoms with Crippen LogP contribution in [0.15, 0.2) is 48.7 Å². The molecule has 1 amide bonds. The van der Waals surface area contributed by atoms with E-state index in [-0.39, 0.29) is 5.91 Å². The van der Waals surface area contributed by atoms with Crippen LogP contribution in [-0.4, -0.2) is 28.9 Å². The molecule has 0 spiro atoms. The Balaban J connectivity index is 1.51. The molecule has 0 radical (unpaired) electrons. The number of halogens is 1. The average Bonchev–Trinajstić information content (AvgIpc) is 2.97. The zero-order valence-corrected chi connectivity index (χ0v) is 13.5. The lowest BCUT2D eigenvalue weighted by molar-refractivity contribution is 0.0602. The lowest BCUT2D eigenvalue weighted by atomic mass is 9.91. The van der Waals surface area contributed by atoms with Crippen LogP contribution in [0.5, 0.6) is 0 Å². The Labute approximate surface area is 144 Å². The van der Waals surface area contributed by atoms with Gasteiger partial charge in [-0.1, -0.05) is 23.7 Å². The van der Waals surface area contributed by atoms with Crippen molar-refractivity contribution >= 4 is 28.4 Å². The van der Waals surface area contributed by atoms with Crippen molar-refractivity contribution in [3.05, 3.63) is 70.4 Å². The molecule has 1 aliphatic rings. The first kappa shape index (κ1) is 14.8. The fraction of sp³-hybridized carbons (Fsp3) is 0.158. The van der Waals surface area contributed by atoms with Gasteiger partial charge in [0.25, 0.3) is 5.91 Å². The molecule has 118 valence electrons. The standard InChI is InChI=1S/C19H14ClN3O/c20-16-4-1-12(2-5-16)15-10-23(11-15)19(24)13-3-6-18-17(7-13)14(8-21)9-22-18/h1-7,9,15,22H,10-11H2. The molecule has 0 bridgehead atoms. The molecule has 5 heteroatoms. The zero-order chi connectivity index (χ0) is 16.7. The monoisotopic (exact) mass is 335 g/mol. The first-order valence-corrected chi connectivity index (χ1v) is 8.09. The summed E-state index contributed by atoms with van der Waals surface area (Å²) in [5, 5.41) is 10.6. The maximum atomic E-state index is 12.6. The number of benzene rings is 2. The molecule has 24 heavy (non-hydrogen) atoms. The predicted molar refractivity (Wildman–Crippen MR) is 93.1 cm³/mol.